The lowest BCUT2D eigenvalue weighted by molar-refractivity contribution is 0.158. The lowest BCUT2D eigenvalue weighted by Crippen LogP contribution is -2.39. The molecule has 2 N–H and O–H groups in total. The smallest absolute Gasteiger partial charge is 0.154 e. The van der Waals surface area contributed by atoms with E-state index in [-0.39, 0.29) is 17.0 Å². The van der Waals surface area contributed by atoms with Gasteiger partial charge in [-0.1, -0.05) is 18.2 Å². The highest BCUT2D eigenvalue weighted by Crippen LogP contribution is 2.16. The van der Waals surface area contributed by atoms with Gasteiger partial charge in [-0.2, -0.15) is 0 Å². The van der Waals surface area contributed by atoms with E-state index in [1.165, 1.54) is 11.3 Å². The fourth-order valence-corrected chi connectivity index (χ4v) is 3.72. The SMILES string of the molecule is C[S+](C[C@@H](O)[C@@H]1CCCN1)c1ccccc1. The van der Waals surface area contributed by atoms with Gasteiger partial charge in [-0.25, -0.2) is 0 Å². The molecule has 0 spiro atoms. The molecule has 0 aromatic heterocycles. The Balaban J connectivity index is 1.89. The molecule has 0 aliphatic carbocycles. The van der Waals surface area contributed by atoms with Gasteiger partial charge < -0.3 is 10.4 Å². The molecule has 0 bridgehead atoms. The molecule has 1 fully saturated rings. The lowest BCUT2D eigenvalue weighted by atomic mass is 10.1. The zero-order valence-electron chi connectivity index (χ0n) is 9.73. The predicted octanol–water partition coefficient (Wildman–Crippen LogP) is 1.41. The average Bonchev–Trinajstić information content (AvgIpc) is 2.83. The molecule has 1 aromatic rings. The number of hydrogen-bond acceptors (Lipinski definition) is 2. The number of aliphatic hydroxyl groups is 1. The van der Waals surface area contributed by atoms with Gasteiger partial charge in [0.15, 0.2) is 4.90 Å². The second-order valence-corrected chi connectivity index (χ2v) is 6.47. The third-order valence-electron chi connectivity index (χ3n) is 3.13. The Morgan fingerprint density at radius 3 is 2.81 bits per heavy atom. The first-order valence-corrected chi connectivity index (χ1v) is 7.66. The number of benzene rings is 1. The molecule has 3 atom stereocenters. The van der Waals surface area contributed by atoms with Crippen molar-refractivity contribution in [2.75, 3.05) is 18.6 Å². The molecule has 3 heteroatoms. The van der Waals surface area contributed by atoms with E-state index in [4.69, 9.17) is 0 Å². The first kappa shape index (κ1) is 12.0. The minimum absolute atomic E-state index is 0.150. The molecular formula is C13H20NOS+. The Kier molecular flexibility index (Phi) is 4.27. The van der Waals surface area contributed by atoms with E-state index >= 15 is 0 Å². The summed E-state index contributed by atoms with van der Waals surface area (Å²) in [5.74, 6) is 0.877. The van der Waals surface area contributed by atoms with Crippen LogP contribution in [0, 0.1) is 0 Å². The fraction of sp³-hybridized carbons (Fsp3) is 0.538. The van der Waals surface area contributed by atoms with Crippen molar-refractivity contribution in [1.82, 2.24) is 5.32 Å². The Labute approximate surface area is 100 Å². The zero-order chi connectivity index (χ0) is 11.4. The van der Waals surface area contributed by atoms with Crippen LogP contribution < -0.4 is 5.32 Å². The van der Waals surface area contributed by atoms with Crippen molar-refractivity contribution in [3.8, 4) is 0 Å². The maximum Gasteiger partial charge on any atom is 0.154 e. The van der Waals surface area contributed by atoms with Gasteiger partial charge in [-0.3, -0.25) is 0 Å². The van der Waals surface area contributed by atoms with Crippen LogP contribution in [-0.2, 0) is 10.9 Å². The van der Waals surface area contributed by atoms with Gasteiger partial charge in [0.1, 0.15) is 18.1 Å². The molecule has 0 amide bonds. The van der Waals surface area contributed by atoms with Gasteiger partial charge in [-0.15, -0.1) is 0 Å². The van der Waals surface area contributed by atoms with E-state index in [1.54, 1.807) is 0 Å². The standard InChI is InChI=1S/C13H20NOS/c1-16(11-6-3-2-4-7-11)10-13(15)12-8-5-9-14-12/h2-4,6-7,12-15H,5,8-10H2,1H3/q+1/t12-,13+,16?/m0/s1. The van der Waals surface area contributed by atoms with Gasteiger partial charge in [0.05, 0.1) is 0 Å². The predicted molar refractivity (Wildman–Crippen MR) is 69.9 cm³/mol. The van der Waals surface area contributed by atoms with E-state index in [9.17, 15) is 5.11 Å². The van der Waals surface area contributed by atoms with E-state index in [2.05, 4.69) is 35.8 Å². The number of nitrogens with one attached hydrogen (secondary N) is 1. The Bertz CT molecular complexity index is 311. The molecule has 1 aliphatic rings. The summed E-state index contributed by atoms with van der Waals surface area (Å²) in [6.45, 7) is 1.06. The molecule has 1 unspecified atom stereocenters. The van der Waals surface area contributed by atoms with Crippen molar-refractivity contribution in [1.29, 1.82) is 0 Å². The van der Waals surface area contributed by atoms with Gasteiger partial charge in [0.2, 0.25) is 0 Å². The van der Waals surface area contributed by atoms with E-state index in [0.29, 0.717) is 6.04 Å². The maximum atomic E-state index is 10.1. The van der Waals surface area contributed by atoms with Crippen LogP contribution in [0.5, 0.6) is 0 Å². The Morgan fingerprint density at radius 1 is 1.44 bits per heavy atom. The normalized spacial score (nSPS) is 24.2. The molecule has 1 saturated heterocycles. The van der Waals surface area contributed by atoms with Crippen LogP contribution >= 0.6 is 0 Å². The third-order valence-corrected chi connectivity index (χ3v) is 5.05. The summed E-state index contributed by atoms with van der Waals surface area (Å²) >= 11 is 0. The summed E-state index contributed by atoms with van der Waals surface area (Å²) in [5.41, 5.74) is 0. The van der Waals surface area contributed by atoms with Crippen LogP contribution in [0.15, 0.2) is 35.2 Å². The minimum Gasteiger partial charge on any atom is -0.387 e. The molecule has 1 heterocycles. The molecule has 2 nitrogen and oxygen atoms in total. The minimum atomic E-state index is -0.198. The van der Waals surface area contributed by atoms with Gasteiger partial charge in [-0.05, 0) is 31.5 Å². The molecule has 0 saturated carbocycles. The van der Waals surface area contributed by atoms with Crippen molar-refractivity contribution >= 4 is 10.9 Å². The van der Waals surface area contributed by atoms with Crippen LogP contribution in [0.25, 0.3) is 0 Å². The highest BCUT2D eigenvalue weighted by atomic mass is 32.2. The first-order chi connectivity index (χ1) is 7.77. The van der Waals surface area contributed by atoms with Crippen molar-refractivity contribution < 1.29 is 5.11 Å². The van der Waals surface area contributed by atoms with E-state index in [1.807, 2.05) is 6.07 Å². The summed E-state index contributed by atoms with van der Waals surface area (Å²) in [7, 11) is 0.150. The first-order valence-electron chi connectivity index (χ1n) is 5.86. The van der Waals surface area contributed by atoms with Crippen LogP contribution in [-0.4, -0.2) is 35.8 Å². The highest BCUT2D eigenvalue weighted by molar-refractivity contribution is 7.96. The quantitative estimate of drug-likeness (QED) is 0.777. The summed E-state index contributed by atoms with van der Waals surface area (Å²) in [6.07, 6.45) is 4.33. The van der Waals surface area contributed by atoms with E-state index < -0.39 is 0 Å². The summed E-state index contributed by atoms with van der Waals surface area (Å²) in [5, 5.41) is 13.5. The van der Waals surface area contributed by atoms with Crippen molar-refractivity contribution in [3.63, 3.8) is 0 Å². The number of rotatable bonds is 4. The van der Waals surface area contributed by atoms with Gasteiger partial charge in [0.25, 0.3) is 0 Å². The highest BCUT2D eigenvalue weighted by Gasteiger charge is 2.28. The van der Waals surface area contributed by atoms with Crippen molar-refractivity contribution in [3.05, 3.63) is 30.3 Å². The molecular weight excluding hydrogens is 218 g/mol. The monoisotopic (exact) mass is 238 g/mol. The fourth-order valence-electron chi connectivity index (χ4n) is 2.16. The summed E-state index contributed by atoms with van der Waals surface area (Å²) in [4.78, 5) is 1.35. The summed E-state index contributed by atoms with van der Waals surface area (Å²) < 4.78 is 0. The molecule has 1 aromatic carbocycles. The van der Waals surface area contributed by atoms with Crippen LogP contribution in [0.4, 0.5) is 0 Å². The van der Waals surface area contributed by atoms with Crippen LogP contribution in [0.3, 0.4) is 0 Å². The second kappa shape index (κ2) is 5.71. The van der Waals surface area contributed by atoms with Crippen LogP contribution in [0.2, 0.25) is 0 Å². The Morgan fingerprint density at radius 2 is 2.19 bits per heavy atom. The topological polar surface area (TPSA) is 32.3 Å². The summed E-state index contributed by atoms with van der Waals surface area (Å²) in [6, 6.07) is 10.8. The Hall–Kier alpha value is -0.510. The van der Waals surface area contributed by atoms with Crippen LogP contribution in [0.1, 0.15) is 12.8 Å². The van der Waals surface area contributed by atoms with Gasteiger partial charge >= 0.3 is 0 Å². The molecule has 88 valence electrons. The van der Waals surface area contributed by atoms with E-state index in [0.717, 1.165) is 18.7 Å². The zero-order valence-corrected chi connectivity index (χ0v) is 10.5. The molecule has 0 radical (unpaired) electrons. The number of hydrogen-bond donors (Lipinski definition) is 2. The third kappa shape index (κ3) is 3.00. The average molecular weight is 238 g/mol. The second-order valence-electron chi connectivity index (χ2n) is 4.39. The lowest BCUT2D eigenvalue weighted by Gasteiger charge is -2.16. The number of aliphatic hydroxyl groups excluding tert-OH is 1. The van der Waals surface area contributed by atoms with Gasteiger partial charge in [0, 0.05) is 16.9 Å². The molecule has 1 aliphatic heterocycles. The molecule has 2 rings (SSSR count). The maximum absolute atomic E-state index is 10.1. The van der Waals surface area contributed by atoms with Crippen molar-refractivity contribution in [2.24, 2.45) is 0 Å². The largest absolute Gasteiger partial charge is 0.387 e. The van der Waals surface area contributed by atoms with Crippen molar-refractivity contribution in [2.45, 2.75) is 29.9 Å². The molecule has 16 heavy (non-hydrogen) atoms.